The third-order valence-corrected chi connectivity index (χ3v) is 2.40. The van der Waals surface area contributed by atoms with E-state index in [1.807, 2.05) is 6.92 Å². The lowest BCUT2D eigenvalue weighted by Crippen LogP contribution is -2.23. The largest absolute Gasteiger partial charge is 0.506 e. The summed E-state index contributed by atoms with van der Waals surface area (Å²) in [5.74, 6) is -0.0503. The molecule has 2 atom stereocenters. The van der Waals surface area contributed by atoms with Crippen LogP contribution in [0.2, 0.25) is 5.02 Å². The highest BCUT2D eigenvalue weighted by molar-refractivity contribution is 6.32. The summed E-state index contributed by atoms with van der Waals surface area (Å²) in [6.45, 7) is 3.42. The zero-order valence-electron chi connectivity index (χ0n) is 8.16. The quantitative estimate of drug-likeness (QED) is 0.704. The van der Waals surface area contributed by atoms with E-state index in [0.717, 1.165) is 5.56 Å². The number of halogens is 1. The number of aromatic hydroxyl groups is 1. The fourth-order valence-corrected chi connectivity index (χ4v) is 1.56. The number of phenols is 1. The van der Waals surface area contributed by atoms with Crippen molar-refractivity contribution in [2.45, 2.75) is 26.0 Å². The summed E-state index contributed by atoms with van der Waals surface area (Å²) in [4.78, 5) is 0. The van der Waals surface area contributed by atoms with E-state index in [9.17, 15) is 10.2 Å². The Labute approximate surface area is 88.1 Å². The van der Waals surface area contributed by atoms with Crippen molar-refractivity contribution in [1.29, 1.82) is 0 Å². The van der Waals surface area contributed by atoms with E-state index in [4.69, 9.17) is 17.3 Å². The SMILES string of the molecule is Cc1cc(Cl)c(O)c([C@H](N)C(C)O)c1. The lowest BCUT2D eigenvalue weighted by atomic mass is 10.0. The second kappa shape index (κ2) is 4.17. The molecule has 0 radical (unpaired) electrons. The van der Waals surface area contributed by atoms with E-state index in [0.29, 0.717) is 5.56 Å². The summed E-state index contributed by atoms with van der Waals surface area (Å²) in [5, 5.41) is 19.2. The maximum Gasteiger partial charge on any atom is 0.139 e. The van der Waals surface area contributed by atoms with E-state index >= 15 is 0 Å². The van der Waals surface area contributed by atoms with Crippen LogP contribution in [0.3, 0.4) is 0 Å². The molecule has 0 aliphatic carbocycles. The molecule has 4 heteroatoms. The van der Waals surface area contributed by atoms with Crippen molar-refractivity contribution in [3.63, 3.8) is 0 Å². The zero-order valence-corrected chi connectivity index (χ0v) is 8.92. The summed E-state index contributed by atoms with van der Waals surface area (Å²) in [6, 6.07) is 2.75. The van der Waals surface area contributed by atoms with Crippen LogP contribution >= 0.6 is 11.6 Å². The van der Waals surface area contributed by atoms with E-state index in [1.165, 1.54) is 0 Å². The molecule has 78 valence electrons. The molecule has 4 N–H and O–H groups in total. The van der Waals surface area contributed by atoms with Crippen LogP contribution in [0, 0.1) is 6.92 Å². The molecule has 0 spiro atoms. The third kappa shape index (κ3) is 2.18. The van der Waals surface area contributed by atoms with Crippen LogP contribution in [0.25, 0.3) is 0 Å². The summed E-state index contributed by atoms with van der Waals surface area (Å²) in [5.41, 5.74) is 7.09. The molecule has 0 aromatic heterocycles. The fourth-order valence-electron chi connectivity index (χ4n) is 1.28. The molecule has 0 aliphatic heterocycles. The number of aliphatic hydroxyl groups is 1. The van der Waals surface area contributed by atoms with E-state index in [2.05, 4.69) is 0 Å². The number of phenolic OH excluding ortho intramolecular Hbond substituents is 1. The van der Waals surface area contributed by atoms with Gasteiger partial charge in [0.25, 0.3) is 0 Å². The van der Waals surface area contributed by atoms with Crippen molar-refractivity contribution in [2.24, 2.45) is 5.73 Å². The molecule has 0 fully saturated rings. The van der Waals surface area contributed by atoms with Crippen LogP contribution in [-0.4, -0.2) is 16.3 Å². The van der Waals surface area contributed by atoms with Gasteiger partial charge in [-0.15, -0.1) is 0 Å². The second-order valence-electron chi connectivity index (χ2n) is 3.45. The van der Waals surface area contributed by atoms with Crippen LogP contribution < -0.4 is 5.73 Å². The van der Waals surface area contributed by atoms with Crippen LogP contribution in [0.15, 0.2) is 12.1 Å². The number of aliphatic hydroxyl groups excluding tert-OH is 1. The van der Waals surface area contributed by atoms with Crippen LogP contribution in [-0.2, 0) is 0 Å². The van der Waals surface area contributed by atoms with Gasteiger partial charge in [-0.3, -0.25) is 0 Å². The van der Waals surface area contributed by atoms with Gasteiger partial charge < -0.3 is 15.9 Å². The van der Waals surface area contributed by atoms with Crippen LogP contribution in [0.1, 0.15) is 24.1 Å². The molecule has 0 saturated heterocycles. The molecular weight excluding hydrogens is 202 g/mol. The Hall–Kier alpha value is -0.770. The number of hydrogen-bond donors (Lipinski definition) is 3. The number of hydrogen-bond acceptors (Lipinski definition) is 3. The minimum atomic E-state index is -0.723. The lowest BCUT2D eigenvalue weighted by molar-refractivity contribution is 0.163. The van der Waals surface area contributed by atoms with E-state index in [-0.39, 0.29) is 10.8 Å². The summed E-state index contributed by atoms with van der Waals surface area (Å²) in [6.07, 6.45) is -0.723. The molecule has 1 aromatic carbocycles. The molecule has 1 unspecified atom stereocenters. The summed E-state index contributed by atoms with van der Waals surface area (Å²) >= 11 is 5.78. The van der Waals surface area contributed by atoms with E-state index < -0.39 is 12.1 Å². The third-order valence-electron chi connectivity index (χ3n) is 2.12. The Bertz CT molecular complexity index is 339. The van der Waals surface area contributed by atoms with Gasteiger partial charge in [0, 0.05) is 5.56 Å². The first-order valence-electron chi connectivity index (χ1n) is 4.36. The first kappa shape index (κ1) is 11.3. The highest BCUT2D eigenvalue weighted by Crippen LogP contribution is 2.33. The number of aryl methyl sites for hydroxylation is 1. The van der Waals surface area contributed by atoms with Crippen molar-refractivity contribution < 1.29 is 10.2 Å². The van der Waals surface area contributed by atoms with Gasteiger partial charge in [0.15, 0.2) is 0 Å². The van der Waals surface area contributed by atoms with Crippen molar-refractivity contribution >= 4 is 11.6 Å². The summed E-state index contributed by atoms with van der Waals surface area (Å²) in [7, 11) is 0. The standard InChI is InChI=1S/C10H14ClNO2/c1-5-3-7(9(12)6(2)13)10(14)8(11)4-5/h3-4,6,9,13-14H,12H2,1-2H3/t6?,9-/m1/s1. The van der Waals surface area contributed by atoms with E-state index in [1.54, 1.807) is 19.1 Å². The zero-order chi connectivity index (χ0) is 10.9. The Morgan fingerprint density at radius 2 is 2.00 bits per heavy atom. The van der Waals surface area contributed by atoms with Gasteiger partial charge in [-0.1, -0.05) is 17.7 Å². The topological polar surface area (TPSA) is 66.5 Å². The monoisotopic (exact) mass is 215 g/mol. The Kier molecular flexibility index (Phi) is 3.37. The average molecular weight is 216 g/mol. The highest BCUT2D eigenvalue weighted by atomic mass is 35.5. The van der Waals surface area contributed by atoms with Gasteiger partial charge in [0.1, 0.15) is 5.75 Å². The Balaban J connectivity index is 3.20. The molecule has 14 heavy (non-hydrogen) atoms. The van der Waals surface area contributed by atoms with Crippen molar-refractivity contribution in [2.75, 3.05) is 0 Å². The average Bonchev–Trinajstić information content (AvgIpc) is 2.09. The van der Waals surface area contributed by atoms with Gasteiger partial charge in [-0.2, -0.15) is 0 Å². The van der Waals surface area contributed by atoms with Gasteiger partial charge in [0.2, 0.25) is 0 Å². The molecule has 1 rings (SSSR count). The molecule has 0 bridgehead atoms. The fraction of sp³-hybridized carbons (Fsp3) is 0.400. The van der Waals surface area contributed by atoms with Crippen LogP contribution in [0.5, 0.6) is 5.75 Å². The van der Waals surface area contributed by atoms with Gasteiger partial charge >= 0.3 is 0 Å². The number of nitrogens with two attached hydrogens (primary N) is 1. The lowest BCUT2D eigenvalue weighted by Gasteiger charge is -2.17. The minimum absolute atomic E-state index is 0.0503. The molecular formula is C10H14ClNO2. The molecule has 0 aliphatic rings. The summed E-state index contributed by atoms with van der Waals surface area (Å²) < 4.78 is 0. The minimum Gasteiger partial charge on any atom is -0.506 e. The Morgan fingerprint density at radius 1 is 1.43 bits per heavy atom. The second-order valence-corrected chi connectivity index (χ2v) is 3.86. The van der Waals surface area contributed by atoms with Crippen molar-refractivity contribution in [3.05, 3.63) is 28.3 Å². The van der Waals surface area contributed by atoms with Gasteiger partial charge in [0.05, 0.1) is 17.2 Å². The maximum absolute atomic E-state index is 9.62. The van der Waals surface area contributed by atoms with Gasteiger partial charge in [-0.25, -0.2) is 0 Å². The molecule has 0 heterocycles. The highest BCUT2D eigenvalue weighted by Gasteiger charge is 2.18. The van der Waals surface area contributed by atoms with Gasteiger partial charge in [-0.05, 0) is 25.5 Å². The van der Waals surface area contributed by atoms with Crippen molar-refractivity contribution in [3.8, 4) is 5.75 Å². The normalized spacial score (nSPS) is 15.2. The molecule has 1 aromatic rings. The molecule has 0 amide bonds. The smallest absolute Gasteiger partial charge is 0.139 e. The van der Waals surface area contributed by atoms with Crippen LogP contribution in [0.4, 0.5) is 0 Å². The predicted octanol–water partition coefficient (Wildman–Crippen LogP) is 1.73. The first-order chi connectivity index (χ1) is 6.43. The molecule has 3 nitrogen and oxygen atoms in total. The Morgan fingerprint density at radius 3 is 2.50 bits per heavy atom. The maximum atomic E-state index is 9.62. The van der Waals surface area contributed by atoms with Crippen molar-refractivity contribution in [1.82, 2.24) is 0 Å². The first-order valence-corrected chi connectivity index (χ1v) is 4.74. The predicted molar refractivity (Wildman–Crippen MR) is 56.5 cm³/mol. The molecule has 0 saturated carbocycles. The number of benzene rings is 1. The number of rotatable bonds is 2.